The number of amides is 1. The van der Waals surface area contributed by atoms with Gasteiger partial charge in [0.05, 0.1) is 13.2 Å². The quantitative estimate of drug-likeness (QED) is 0.564. The summed E-state index contributed by atoms with van der Waals surface area (Å²) in [5.74, 6) is -0.397. The Morgan fingerprint density at radius 1 is 1.59 bits per heavy atom. The van der Waals surface area contributed by atoms with Crippen molar-refractivity contribution >= 4 is 5.91 Å². The number of rotatable bonds is 6. The molecule has 1 aromatic rings. The van der Waals surface area contributed by atoms with E-state index in [0.717, 1.165) is 5.57 Å². The highest BCUT2D eigenvalue weighted by molar-refractivity contribution is 5.93. The van der Waals surface area contributed by atoms with E-state index in [2.05, 4.69) is 16.9 Å². The molecule has 0 bridgehead atoms. The highest BCUT2D eigenvalue weighted by Crippen LogP contribution is 1.89. The summed E-state index contributed by atoms with van der Waals surface area (Å²) < 4.78 is 5.21. The number of carbonyl (C=O) groups is 1. The molecule has 0 spiro atoms. The number of aromatic amines is 1. The fraction of sp³-hybridized carbons (Fsp3) is 0.333. The van der Waals surface area contributed by atoms with E-state index < -0.39 is 5.91 Å². The third-order valence-electron chi connectivity index (χ3n) is 1.95. The SMILES string of the molecule is C=C(C)COCCNC(=O)c1c[nH]ccc1=O. The minimum atomic E-state index is -0.397. The van der Waals surface area contributed by atoms with Crippen LogP contribution in [0.25, 0.3) is 0 Å². The first-order valence-corrected chi connectivity index (χ1v) is 5.28. The van der Waals surface area contributed by atoms with E-state index in [1.807, 2.05) is 6.92 Å². The van der Waals surface area contributed by atoms with Crippen LogP contribution < -0.4 is 10.7 Å². The molecule has 0 radical (unpaired) electrons. The van der Waals surface area contributed by atoms with E-state index in [1.165, 1.54) is 18.5 Å². The van der Waals surface area contributed by atoms with Crippen molar-refractivity contribution in [3.8, 4) is 0 Å². The average molecular weight is 236 g/mol. The van der Waals surface area contributed by atoms with E-state index in [-0.39, 0.29) is 11.0 Å². The average Bonchev–Trinajstić information content (AvgIpc) is 2.28. The van der Waals surface area contributed by atoms with Gasteiger partial charge < -0.3 is 15.0 Å². The van der Waals surface area contributed by atoms with Gasteiger partial charge >= 0.3 is 0 Å². The Morgan fingerprint density at radius 2 is 2.35 bits per heavy atom. The number of hydrogen-bond acceptors (Lipinski definition) is 3. The lowest BCUT2D eigenvalue weighted by Crippen LogP contribution is -2.31. The molecule has 0 aliphatic carbocycles. The molecule has 17 heavy (non-hydrogen) atoms. The highest BCUT2D eigenvalue weighted by atomic mass is 16.5. The summed E-state index contributed by atoms with van der Waals surface area (Å²) >= 11 is 0. The van der Waals surface area contributed by atoms with Crippen LogP contribution in [0.15, 0.2) is 35.4 Å². The van der Waals surface area contributed by atoms with Gasteiger partial charge in [0.15, 0.2) is 5.43 Å². The number of nitrogens with one attached hydrogen (secondary N) is 2. The maximum atomic E-state index is 11.6. The lowest BCUT2D eigenvalue weighted by Gasteiger charge is -2.05. The van der Waals surface area contributed by atoms with Gasteiger partial charge in [0.25, 0.3) is 5.91 Å². The standard InChI is InChI=1S/C12H16N2O3/c1-9(2)8-17-6-5-14-12(16)10-7-13-4-3-11(10)15/h3-4,7H,1,5-6,8H2,2H3,(H,13,15)(H,14,16). The molecule has 0 saturated heterocycles. The second-order valence-electron chi connectivity index (χ2n) is 3.69. The van der Waals surface area contributed by atoms with E-state index in [0.29, 0.717) is 19.8 Å². The zero-order valence-corrected chi connectivity index (χ0v) is 9.79. The third kappa shape index (κ3) is 4.65. The van der Waals surface area contributed by atoms with Crippen LogP contribution >= 0.6 is 0 Å². The van der Waals surface area contributed by atoms with Crippen molar-refractivity contribution in [2.75, 3.05) is 19.8 Å². The maximum Gasteiger partial charge on any atom is 0.256 e. The normalized spacial score (nSPS) is 9.94. The lowest BCUT2D eigenvalue weighted by atomic mass is 10.2. The number of pyridine rings is 1. The first-order chi connectivity index (χ1) is 8.11. The van der Waals surface area contributed by atoms with E-state index in [9.17, 15) is 9.59 Å². The van der Waals surface area contributed by atoms with Crippen molar-refractivity contribution in [3.05, 3.63) is 46.4 Å². The molecule has 0 aromatic carbocycles. The van der Waals surface area contributed by atoms with Crippen LogP contribution in [0.4, 0.5) is 0 Å². The Labute approximate surface area is 99.5 Å². The Bertz CT molecular complexity index is 451. The van der Waals surface area contributed by atoms with E-state index in [4.69, 9.17) is 4.74 Å². The molecule has 0 saturated carbocycles. The number of aromatic nitrogens is 1. The molecule has 0 aliphatic heterocycles. The fourth-order valence-electron chi connectivity index (χ4n) is 1.17. The number of hydrogen-bond donors (Lipinski definition) is 2. The van der Waals surface area contributed by atoms with Crippen molar-refractivity contribution < 1.29 is 9.53 Å². The third-order valence-corrected chi connectivity index (χ3v) is 1.95. The molecule has 92 valence electrons. The largest absolute Gasteiger partial charge is 0.375 e. The van der Waals surface area contributed by atoms with Gasteiger partial charge in [-0.05, 0) is 6.92 Å². The smallest absolute Gasteiger partial charge is 0.256 e. The second-order valence-corrected chi connectivity index (χ2v) is 3.69. The van der Waals surface area contributed by atoms with Crippen LogP contribution in [0.2, 0.25) is 0 Å². The minimum absolute atomic E-state index is 0.104. The Balaban J connectivity index is 2.33. The van der Waals surface area contributed by atoms with Crippen LogP contribution in [0.3, 0.4) is 0 Å². The molecule has 0 aliphatic rings. The van der Waals surface area contributed by atoms with Crippen molar-refractivity contribution in [2.24, 2.45) is 0 Å². The van der Waals surface area contributed by atoms with Crippen LogP contribution in [-0.2, 0) is 4.74 Å². The summed E-state index contributed by atoms with van der Waals surface area (Å²) in [7, 11) is 0. The number of ether oxygens (including phenoxy) is 1. The zero-order chi connectivity index (χ0) is 12.7. The highest BCUT2D eigenvalue weighted by Gasteiger charge is 2.07. The van der Waals surface area contributed by atoms with Crippen molar-refractivity contribution in [3.63, 3.8) is 0 Å². The number of H-pyrrole nitrogens is 1. The lowest BCUT2D eigenvalue weighted by molar-refractivity contribution is 0.0925. The minimum Gasteiger partial charge on any atom is -0.375 e. The van der Waals surface area contributed by atoms with Gasteiger partial charge in [-0.15, -0.1) is 0 Å². The summed E-state index contributed by atoms with van der Waals surface area (Å²) in [4.78, 5) is 25.6. The van der Waals surface area contributed by atoms with E-state index >= 15 is 0 Å². The molecule has 1 aromatic heterocycles. The first kappa shape index (κ1) is 13.2. The van der Waals surface area contributed by atoms with Gasteiger partial charge in [0, 0.05) is 25.0 Å². The molecule has 0 atom stereocenters. The van der Waals surface area contributed by atoms with Crippen LogP contribution in [0.1, 0.15) is 17.3 Å². The molecular weight excluding hydrogens is 220 g/mol. The molecule has 0 unspecified atom stereocenters. The van der Waals surface area contributed by atoms with Gasteiger partial charge in [-0.25, -0.2) is 0 Å². The zero-order valence-electron chi connectivity index (χ0n) is 9.79. The molecule has 5 heteroatoms. The summed E-state index contributed by atoms with van der Waals surface area (Å²) in [6.45, 7) is 6.78. The van der Waals surface area contributed by atoms with Crippen LogP contribution in [0.5, 0.6) is 0 Å². The van der Waals surface area contributed by atoms with E-state index in [1.54, 1.807) is 0 Å². The summed E-state index contributed by atoms with van der Waals surface area (Å²) in [6.07, 6.45) is 2.86. The molecule has 1 amide bonds. The summed E-state index contributed by atoms with van der Waals surface area (Å²) in [5.41, 5.74) is 0.729. The predicted octanol–water partition coefficient (Wildman–Crippen LogP) is 0.697. The molecule has 5 nitrogen and oxygen atoms in total. The molecule has 2 N–H and O–H groups in total. The second kappa shape index (κ2) is 6.65. The van der Waals surface area contributed by atoms with Gasteiger partial charge in [0.1, 0.15) is 5.56 Å². The van der Waals surface area contributed by atoms with Gasteiger partial charge in [0.2, 0.25) is 0 Å². The summed E-state index contributed by atoms with van der Waals surface area (Å²) in [5, 5.41) is 2.60. The maximum absolute atomic E-state index is 11.6. The van der Waals surface area contributed by atoms with Crippen LogP contribution in [0, 0.1) is 0 Å². The number of carbonyl (C=O) groups excluding carboxylic acids is 1. The topological polar surface area (TPSA) is 71.2 Å². The van der Waals surface area contributed by atoms with Crippen LogP contribution in [-0.4, -0.2) is 30.6 Å². The Hall–Kier alpha value is -1.88. The van der Waals surface area contributed by atoms with Crippen molar-refractivity contribution in [1.29, 1.82) is 0 Å². The predicted molar refractivity (Wildman–Crippen MR) is 65.0 cm³/mol. The fourth-order valence-corrected chi connectivity index (χ4v) is 1.17. The monoisotopic (exact) mass is 236 g/mol. The molecule has 1 rings (SSSR count). The van der Waals surface area contributed by atoms with Gasteiger partial charge in [-0.2, -0.15) is 0 Å². The molecular formula is C12H16N2O3. The van der Waals surface area contributed by atoms with Gasteiger partial charge in [-0.3, -0.25) is 9.59 Å². The molecule has 0 fully saturated rings. The van der Waals surface area contributed by atoms with Gasteiger partial charge in [-0.1, -0.05) is 12.2 Å². The first-order valence-electron chi connectivity index (χ1n) is 5.28. The molecule has 1 heterocycles. The Morgan fingerprint density at radius 3 is 3.00 bits per heavy atom. The Kier molecular flexibility index (Phi) is 5.16. The summed E-state index contributed by atoms with van der Waals surface area (Å²) in [6, 6.07) is 1.31. The van der Waals surface area contributed by atoms with Crippen molar-refractivity contribution in [2.45, 2.75) is 6.92 Å². The van der Waals surface area contributed by atoms with Crippen molar-refractivity contribution in [1.82, 2.24) is 10.3 Å².